The highest BCUT2D eigenvalue weighted by Gasteiger charge is 2.22. The Labute approximate surface area is 98.5 Å². The molecule has 0 aliphatic rings. The van der Waals surface area contributed by atoms with Gasteiger partial charge in [-0.25, -0.2) is 17.6 Å². The summed E-state index contributed by atoms with van der Waals surface area (Å²) in [5, 5.41) is 8.92. The van der Waals surface area contributed by atoms with Gasteiger partial charge >= 0.3 is 5.97 Å². The Kier molecular flexibility index (Phi) is 3.72. The van der Waals surface area contributed by atoms with E-state index in [1.165, 1.54) is 6.92 Å². The third-order valence-corrected chi connectivity index (χ3v) is 3.40. The van der Waals surface area contributed by atoms with Gasteiger partial charge in [0.2, 0.25) is 10.0 Å². The van der Waals surface area contributed by atoms with Crippen molar-refractivity contribution in [2.24, 2.45) is 0 Å². The van der Waals surface area contributed by atoms with Crippen molar-refractivity contribution in [2.75, 3.05) is 17.1 Å². The summed E-state index contributed by atoms with van der Waals surface area (Å²) in [7, 11) is -3.64. The molecule has 0 saturated carbocycles. The second-order valence-electron chi connectivity index (χ2n) is 3.39. The largest absolute Gasteiger partial charge is 0.478 e. The summed E-state index contributed by atoms with van der Waals surface area (Å²) in [4.78, 5) is 10.9. The SMILES string of the molecule is CCN(c1cc(F)ccc1C(=O)O)S(C)(=O)=O. The lowest BCUT2D eigenvalue weighted by atomic mass is 10.1. The number of benzene rings is 1. The number of sulfonamides is 1. The molecule has 1 N–H and O–H groups in total. The maximum atomic E-state index is 13.1. The van der Waals surface area contributed by atoms with Crippen LogP contribution in [0.5, 0.6) is 0 Å². The van der Waals surface area contributed by atoms with Gasteiger partial charge < -0.3 is 5.11 Å². The molecule has 0 heterocycles. The standard InChI is InChI=1S/C10H12FNO4S/c1-3-12(17(2,15)16)9-6-7(11)4-5-8(9)10(13)14/h4-6H,3H2,1-2H3,(H,13,14). The van der Waals surface area contributed by atoms with E-state index in [2.05, 4.69) is 0 Å². The van der Waals surface area contributed by atoms with Crippen LogP contribution in [0.3, 0.4) is 0 Å². The van der Waals surface area contributed by atoms with E-state index < -0.39 is 21.8 Å². The predicted octanol–water partition coefficient (Wildman–Crippen LogP) is 1.31. The van der Waals surface area contributed by atoms with Crippen molar-refractivity contribution in [2.45, 2.75) is 6.92 Å². The molecule has 0 saturated heterocycles. The lowest BCUT2D eigenvalue weighted by Crippen LogP contribution is -2.31. The Morgan fingerprint density at radius 2 is 2.06 bits per heavy atom. The molecule has 17 heavy (non-hydrogen) atoms. The minimum Gasteiger partial charge on any atom is -0.478 e. The number of aromatic carboxylic acids is 1. The van der Waals surface area contributed by atoms with Crippen LogP contribution in [0, 0.1) is 5.82 Å². The Balaban J connectivity index is 3.47. The van der Waals surface area contributed by atoms with Crippen molar-refractivity contribution in [3.63, 3.8) is 0 Å². The van der Waals surface area contributed by atoms with Gasteiger partial charge in [0.1, 0.15) is 5.82 Å². The second kappa shape index (κ2) is 4.70. The topological polar surface area (TPSA) is 74.7 Å². The van der Waals surface area contributed by atoms with Crippen molar-refractivity contribution in [3.8, 4) is 0 Å². The lowest BCUT2D eigenvalue weighted by Gasteiger charge is -2.22. The molecule has 0 radical (unpaired) electrons. The van der Waals surface area contributed by atoms with Crippen molar-refractivity contribution < 1.29 is 22.7 Å². The molecule has 1 aromatic carbocycles. The van der Waals surface area contributed by atoms with E-state index in [9.17, 15) is 17.6 Å². The minimum absolute atomic E-state index is 0.0303. The van der Waals surface area contributed by atoms with Crippen LogP contribution in [0.15, 0.2) is 18.2 Å². The molecule has 1 aromatic rings. The average Bonchev–Trinajstić information content (AvgIpc) is 2.15. The fraction of sp³-hybridized carbons (Fsp3) is 0.300. The number of carboxylic acids is 1. The fourth-order valence-electron chi connectivity index (χ4n) is 1.48. The van der Waals surface area contributed by atoms with Crippen LogP contribution in [0.25, 0.3) is 0 Å². The highest BCUT2D eigenvalue weighted by Crippen LogP contribution is 2.24. The van der Waals surface area contributed by atoms with Crippen LogP contribution in [0.1, 0.15) is 17.3 Å². The van der Waals surface area contributed by atoms with E-state index in [-0.39, 0.29) is 17.8 Å². The first-order chi connectivity index (χ1) is 7.77. The van der Waals surface area contributed by atoms with Gasteiger partial charge in [-0.1, -0.05) is 0 Å². The Morgan fingerprint density at radius 3 is 2.47 bits per heavy atom. The number of nitrogens with zero attached hydrogens (tertiary/aromatic N) is 1. The predicted molar refractivity (Wildman–Crippen MR) is 61.2 cm³/mol. The Bertz CT molecular complexity index is 541. The number of halogens is 1. The Morgan fingerprint density at radius 1 is 1.47 bits per heavy atom. The first-order valence-corrected chi connectivity index (χ1v) is 6.62. The summed E-state index contributed by atoms with van der Waals surface area (Å²) in [5.74, 6) is -1.99. The minimum atomic E-state index is -3.64. The molecule has 0 bridgehead atoms. The van der Waals surface area contributed by atoms with E-state index in [1.807, 2.05) is 0 Å². The van der Waals surface area contributed by atoms with E-state index >= 15 is 0 Å². The fourth-order valence-corrected chi connectivity index (χ4v) is 2.45. The van der Waals surface area contributed by atoms with Gasteiger partial charge in [0.25, 0.3) is 0 Å². The second-order valence-corrected chi connectivity index (χ2v) is 5.30. The first kappa shape index (κ1) is 13.4. The monoisotopic (exact) mass is 261 g/mol. The van der Waals surface area contributed by atoms with Crippen LogP contribution in [0.4, 0.5) is 10.1 Å². The molecule has 5 nitrogen and oxygen atoms in total. The number of carboxylic acid groups (broad SMARTS) is 1. The van der Waals surface area contributed by atoms with Gasteiger partial charge in [0.05, 0.1) is 17.5 Å². The lowest BCUT2D eigenvalue weighted by molar-refractivity contribution is 0.0697. The molecule has 0 atom stereocenters. The number of rotatable bonds is 4. The zero-order valence-corrected chi connectivity index (χ0v) is 10.2. The quantitative estimate of drug-likeness (QED) is 0.886. The molecule has 0 amide bonds. The maximum absolute atomic E-state index is 13.1. The molecule has 1 rings (SSSR count). The third kappa shape index (κ3) is 2.94. The van der Waals surface area contributed by atoms with E-state index in [0.29, 0.717) is 0 Å². The molecule has 0 aromatic heterocycles. The molecule has 7 heteroatoms. The summed E-state index contributed by atoms with van der Waals surface area (Å²) >= 11 is 0. The molecule has 0 spiro atoms. The summed E-state index contributed by atoms with van der Waals surface area (Å²) in [6.45, 7) is 1.57. The number of hydrogen-bond donors (Lipinski definition) is 1. The van der Waals surface area contributed by atoms with Crippen LogP contribution in [0.2, 0.25) is 0 Å². The zero-order chi connectivity index (χ0) is 13.2. The van der Waals surface area contributed by atoms with Gasteiger partial charge in [-0.05, 0) is 25.1 Å². The summed E-state index contributed by atoms with van der Waals surface area (Å²) in [6, 6.07) is 2.91. The molecular weight excluding hydrogens is 249 g/mol. The third-order valence-electron chi connectivity index (χ3n) is 2.15. The van der Waals surface area contributed by atoms with Gasteiger partial charge in [-0.3, -0.25) is 4.31 Å². The number of anilines is 1. The molecule has 0 aliphatic carbocycles. The molecule has 0 unspecified atom stereocenters. The molecule has 94 valence electrons. The summed E-state index contributed by atoms with van der Waals surface area (Å²) in [5.41, 5.74) is -0.416. The number of carbonyl (C=O) groups is 1. The van der Waals surface area contributed by atoms with Crippen molar-refractivity contribution in [3.05, 3.63) is 29.6 Å². The normalized spacial score (nSPS) is 11.2. The van der Waals surface area contributed by atoms with E-state index in [4.69, 9.17) is 5.11 Å². The summed E-state index contributed by atoms with van der Waals surface area (Å²) in [6.07, 6.45) is 0.938. The summed E-state index contributed by atoms with van der Waals surface area (Å²) < 4.78 is 36.8. The van der Waals surface area contributed by atoms with Gasteiger partial charge in [0, 0.05) is 6.54 Å². The molecule has 0 fully saturated rings. The Hall–Kier alpha value is -1.63. The van der Waals surface area contributed by atoms with Gasteiger partial charge in [-0.2, -0.15) is 0 Å². The van der Waals surface area contributed by atoms with Gasteiger partial charge in [0.15, 0.2) is 0 Å². The first-order valence-electron chi connectivity index (χ1n) is 4.78. The van der Waals surface area contributed by atoms with Crippen molar-refractivity contribution in [1.82, 2.24) is 0 Å². The van der Waals surface area contributed by atoms with Crippen LogP contribution in [-0.4, -0.2) is 32.3 Å². The molecular formula is C10H12FNO4S. The highest BCUT2D eigenvalue weighted by atomic mass is 32.2. The van der Waals surface area contributed by atoms with Crippen molar-refractivity contribution >= 4 is 21.7 Å². The molecule has 0 aliphatic heterocycles. The smallest absolute Gasteiger partial charge is 0.337 e. The average molecular weight is 261 g/mol. The van der Waals surface area contributed by atoms with Crippen LogP contribution < -0.4 is 4.31 Å². The van der Waals surface area contributed by atoms with Crippen molar-refractivity contribution in [1.29, 1.82) is 0 Å². The van der Waals surface area contributed by atoms with Gasteiger partial charge in [-0.15, -0.1) is 0 Å². The number of hydrogen-bond acceptors (Lipinski definition) is 3. The highest BCUT2D eigenvalue weighted by molar-refractivity contribution is 7.92. The van der Waals surface area contributed by atoms with E-state index in [0.717, 1.165) is 28.8 Å². The zero-order valence-electron chi connectivity index (χ0n) is 9.34. The van der Waals surface area contributed by atoms with E-state index in [1.54, 1.807) is 0 Å². The van der Waals surface area contributed by atoms with Crippen LogP contribution >= 0.6 is 0 Å². The maximum Gasteiger partial charge on any atom is 0.337 e. The van der Waals surface area contributed by atoms with Crippen LogP contribution in [-0.2, 0) is 10.0 Å².